The summed E-state index contributed by atoms with van der Waals surface area (Å²) in [7, 11) is 0. The molecule has 8 heteroatoms. The number of nitrogens with one attached hydrogen (secondary N) is 2. The summed E-state index contributed by atoms with van der Waals surface area (Å²) < 4.78 is 41.3. The van der Waals surface area contributed by atoms with Gasteiger partial charge in [-0.15, -0.1) is 0 Å². The van der Waals surface area contributed by atoms with E-state index in [1.54, 1.807) is 12.3 Å². The van der Waals surface area contributed by atoms with Crippen molar-refractivity contribution in [2.45, 2.75) is 6.18 Å². The molecular weight excluding hydrogens is 353 g/mol. The first kappa shape index (κ1) is 15.4. The number of ether oxygens (including phenoxy) is 1. The van der Waals surface area contributed by atoms with Crippen molar-refractivity contribution in [2.75, 3.05) is 11.9 Å². The lowest BCUT2D eigenvalue weighted by atomic mass is 10.3. The fourth-order valence-electron chi connectivity index (χ4n) is 1.50. The van der Waals surface area contributed by atoms with E-state index < -0.39 is 12.8 Å². The number of aromatic nitrogens is 1. The quantitative estimate of drug-likeness (QED) is 0.864. The Morgan fingerprint density at radius 1 is 1.29 bits per heavy atom. The molecule has 0 radical (unpaired) electrons. The lowest BCUT2D eigenvalue weighted by molar-refractivity contribution is -0.153. The zero-order valence-corrected chi connectivity index (χ0v) is 12.1. The largest absolute Gasteiger partial charge is 0.484 e. The van der Waals surface area contributed by atoms with E-state index in [9.17, 15) is 18.0 Å². The molecule has 112 valence electrons. The standard InChI is InChI=1S/C13H10BrF3N2O2/c14-8-5-11(18-6-8)12(20)19-9-1-3-10(4-2-9)21-7-13(15,16)17/h1-6,18H,7H2,(H,19,20). The van der Waals surface area contributed by atoms with Gasteiger partial charge < -0.3 is 15.0 Å². The molecule has 0 saturated carbocycles. The van der Waals surface area contributed by atoms with E-state index >= 15 is 0 Å². The number of carbonyl (C=O) groups is 1. The van der Waals surface area contributed by atoms with Crippen molar-refractivity contribution in [2.24, 2.45) is 0 Å². The van der Waals surface area contributed by atoms with Gasteiger partial charge in [0.25, 0.3) is 5.91 Å². The average Bonchev–Trinajstić information content (AvgIpc) is 2.84. The Bertz CT molecular complexity index is 623. The first-order valence-corrected chi connectivity index (χ1v) is 6.58. The minimum Gasteiger partial charge on any atom is -0.484 e. The SMILES string of the molecule is O=C(Nc1ccc(OCC(F)(F)F)cc1)c1cc(Br)c[nH]1. The first-order chi connectivity index (χ1) is 9.83. The monoisotopic (exact) mass is 362 g/mol. The van der Waals surface area contributed by atoms with Crippen molar-refractivity contribution in [3.8, 4) is 5.75 Å². The highest BCUT2D eigenvalue weighted by atomic mass is 79.9. The van der Waals surface area contributed by atoms with E-state index in [2.05, 4.69) is 31.0 Å². The van der Waals surface area contributed by atoms with Gasteiger partial charge >= 0.3 is 6.18 Å². The summed E-state index contributed by atoms with van der Waals surface area (Å²) in [6.07, 6.45) is -2.77. The van der Waals surface area contributed by atoms with Crippen molar-refractivity contribution >= 4 is 27.5 Å². The highest BCUT2D eigenvalue weighted by Crippen LogP contribution is 2.20. The molecule has 1 aromatic carbocycles. The smallest absolute Gasteiger partial charge is 0.422 e. The van der Waals surface area contributed by atoms with E-state index in [0.29, 0.717) is 11.4 Å². The number of benzene rings is 1. The molecule has 0 saturated heterocycles. The zero-order valence-electron chi connectivity index (χ0n) is 10.5. The summed E-state index contributed by atoms with van der Waals surface area (Å²) in [5.74, 6) is -0.280. The molecule has 4 nitrogen and oxygen atoms in total. The van der Waals surface area contributed by atoms with Crippen LogP contribution in [0, 0.1) is 0 Å². The Hall–Kier alpha value is -1.96. The maximum Gasteiger partial charge on any atom is 0.422 e. The summed E-state index contributed by atoms with van der Waals surface area (Å²) in [6, 6.07) is 7.23. The van der Waals surface area contributed by atoms with Gasteiger partial charge in [-0.2, -0.15) is 13.2 Å². The van der Waals surface area contributed by atoms with Crippen LogP contribution < -0.4 is 10.1 Å². The number of hydrogen-bond donors (Lipinski definition) is 2. The highest BCUT2D eigenvalue weighted by molar-refractivity contribution is 9.10. The number of H-pyrrole nitrogens is 1. The molecule has 0 atom stereocenters. The molecule has 1 heterocycles. The second-order valence-electron chi connectivity index (χ2n) is 4.11. The minimum atomic E-state index is -4.38. The summed E-state index contributed by atoms with van der Waals surface area (Å²) in [5, 5.41) is 2.60. The van der Waals surface area contributed by atoms with Gasteiger partial charge in [-0.25, -0.2) is 0 Å². The lowest BCUT2D eigenvalue weighted by Crippen LogP contribution is -2.19. The van der Waals surface area contributed by atoms with E-state index in [-0.39, 0.29) is 11.7 Å². The number of carbonyl (C=O) groups excluding carboxylic acids is 1. The Balaban J connectivity index is 1.94. The van der Waals surface area contributed by atoms with E-state index in [1.165, 1.54) is 24.3 Å². The third kappa shape index (κ3) is 4.82. The summed E-state index contributed by atoms with van der Waals surface area (Å²) in [4.78, 5) is 14.6. The lowest BCUT2D eigenvalue weighted by Gasteiger charge is -2.09. The van der Waals surface area contributed by atoms with Crippen molar-refractivity contribution in [1.29, 1.82) is 0 Å². The average molecular weight is 363 g/mol. The molecule has 0 bridgehead atoms. The van der Waals surface area contributed by atoms with Crippen LogP contribution >= 0.6 is 15.9 Å². The van der Waals surface area contributed by atoms with Gasteiger partial charge in [-0.1, -0.05) is 0 Å². The van der Waals surface area contributed by atoms with Crippen molar-refractivity contribution in [3.63, 3.8) is 0 Å². The van der Waals surface area contributed by atoms with Crippen LogP contribution in [0.5, 0.6) is 5.75 Å². The number of alkyl halides is 3. The maximum atomic E-state index is 12.0. The predicted octanol–water partition coefficient (Wildman–Crippen LogP) is 3.97. The normalized spacial score (nSPS) is 11.2. The van der Waals surface area contributed by atoms with Gasteiger partial charge in [0.05, 0.1) is 0 Å². The summed E-state index contributed by atoms with van der Waals surface area (Å²) in [5.41, 5.74) is 0.810. The zero-order chi connectivity index (χ0) is 15.5. The van der Waals surface area contributed by atoms with E-state index in [1.807, 2.05) is 0 Å². The first-order valence-electron chi connectivity index (χ1n) is 5.78. The summed E-state index contributed by atoms with van der Waals surface area (Å²) >= 11 is 3.21. The van der Waals surface area contributed by atoms with Crippen LogP contribution in [0.15, 0.2) is 41.0 Å². The van der Waals surface area contributed by atoms with Gasteiger partial charge in [0.15, 0.2) is 6.61 Å². The molecule has 1 aromatic heterocycles. The van der Waals surface area contributed by atoms with Crippen LogP contribution in [0.2, 0.25) is 0 Å². The van der Waals surface area contributed by atoms with Gasteiger partial charge in [0, 0.05) is 16.4 Å². The minimum absolute atomic E-state index is 0.0768. The summed E-state index contributed by atoms with van der Waals surface area (Å²) in [6.45, 7) is -1.35. The van der Waals surface area contributed by atoms with Crippen LogP contribution in [0.1, 0.15) is 10.5 Å². The van der Waals surface area contributed by atoms with Crippen LogP contribution in [0.4, 0.5) is 18.9 Å². The topological polar surface area (TPSA) is 54.1 Å². The molecule has 2 N–H and O–H groups in total. The Morgan fingerprint density at radius 3 is 2.48 bits per heavy atom. The third-order valence-corrected chi connectivity index (χ3v) is 2.86. The highest BCUT2D eigenvalue weighted by Gasteiger charge is 2.28. The Kier molecular flexibility index (Phi) is 4.56. The Labute approximate surface area is 126 Å². The molecule has 2 aromatic rings. The van der Waals surface area contributed by atoms with Crippen LogP contribution in [-0.4, -0.2) is 23.7 Å². The second-order valence-corrected chi connectivity index (χ2v) is 5.03. The number of halogens is 4. The van der Waals surface area contributed by atoms with Crippen molar-refractivity contribution in [3.05, 3.63) is 46.7 Å². The van der Waals surface area contributed by atoms with Crippen molar-refractivity contribution in [1.82, 2.24) is 4.98 Å². The van der Waals surface area contributed by atoms with Crippen LogP contribution in [0.25, 0.3) is 0 Å². The van der Waals surface area contributed by atoms with E-state index in [4.69, 9.17) is 0 Å². The maximum absolute atomic E-state index is 12.0. The molecule has 0 unspecified atom stereocenters. The molecule has 0 spiro atoms. The van der Waals surface area contributed by atoms with Gasteiger partial charge in [-0.3, -0.25) is 4.79 Å². The molecule has 2 rings (SSSR count). The number of anilines is 1. The van der Waals surface area contributed by atoms with Gasteiger partial charge in [-0.05, 0) is 46.3 Å². The number of hydrogen-bond acceptors (Lipinski definition) is 2. The van der Waals surface area contributed by atoms with E-state index in [0.717, 1.165) is 4.47 Å². The molecule has 1 amide bonds. The van der Waals surface area contributed by atoms with Crippen LogP contribution in [0.3, 0.4) is 0 Å². The number of aromatic amines is 1. The molecule has 0 aliphatic heterocycles. The van der Waals surface area contributed by atoms with Gasteiger partial charge in [0.1, 0.15) is 11.4 Å². The molecule has 0 fully saturated rings. The van der Waals surface area contributed by atoms with Crippen molar-refractivity contribution < 1.29 is 22.7 Å². The predicted molar refractivity (Wildman–Crippen MR) is 74.4 cm³/mol. The number of amides is 1. The Morgan fingerprint density at radius 2 is 1.95 bits per heavy atom. The molecule has 0 aliphatic carbocycles. The fourth-order valence-corrected chi connectivity index (χ4v) is 1.84. The molecule has 0 aliphatic rings. The van der Waals surface area contributed by atoms with Crippen LogP contribution in [-0.2, 0) is 0 Å². The fraction of sp³-hybridized carbons (Fsp3) is 0.154. The third-order valence-electron chi connectivity index (χ3n) is 2.41. The molecular formula is C13H10BrF3N2O2. The second kappa shape index (κ2) is 6.21. The van der Waals surface area contributed by atoms with Gasteiger partial charge in [0.2, 0.25) is 0 Å². The number of rotatable bonds is 4. The molecule has 21 heavy (non-hydrogen) atoms.